The Morgan fingerprint density at radius 3 is 2.25 bits per heavy atom. The Labute approximate surface area is 187 Å². The molecule has 0 bridgehead atoms. The van der Waals surface area contributed by atoms with Gasteiger partial charge in [0.25, 0.3) is 11.5 Å². The van der Waals surface area contributed by atoms with Crippen LogP contribution in [0, 0.1) is 11.8 Å². The van der Waals surface area contributed by atoms with Crippen LogP contribution < -0.4 is 26.6 Å². The molecule has 174 valence electrons. The van der Waals surface area contributed by atoms with E-state index in [0.29, 0.717) is 24.3 Å². The van der Waals surface area contributed by atoms with Crippen LogP contribution in [0.5, 0.6) is 5.75 Å². The molecule has 2 rings (SSSR count). The van der Waals surface area contributed by atoms with E-state index >= 15 is 0 Å². The van der Waals surface area contributed by atoms with Gasteiger partial charge in [-0.3, -0.25) is 23.9 Å². The molecular weight excluding hydrogens is 412 g/mol. The van der Waals surface area contributed by atoms with Crippen molar-refractivity contribution in [2.24, 2.45) is 11.8 Å². The van der Waals surface area contributed by atoms with E-state index in [2.05, 4.69) is 4.98 Å². The number of benzene rings is 1. The van der Waals surface area contributed by atoms with Gasteiger partial charge in [0.1, 0.15) is 11.6 Å². The van der Waals surface area contributed by atoms with E-state index in [1.165, 1.54) is 9.47 Å². The fourth-order valence-corrected chi connectivity index (χ4v) is 3.23. The number of amides is 1. The van der Waals surface area contributed by atoms with Gasteiger partial charge in [-0.1, -0.05) is 34.6 Å². The monoisotopic (exact) mass is 444 g/mol. The number of hydrogen-bond donors (Lipinski definition) is 2. The molecule has 0 unspecified atom stereocenters. The van der Waals surface area contributed by atoms with Crippen molar-refractivity contribution in [1.82, 2.24) is 9.55 Å². The highest BCUT2D eigenvalue weighted by molar-refractivity contribution is 5.97. The third-order valence-corrected chi connectivity index (χ3v) is 4.74. The highest BCUT2D eigenvalue weighted by atomic mass is 16.5. The first-order chi connectivity index (χ1) is 15.0. The number of ketones is 1. The average molecular weight is 445 g/mol. The summed E-state index contributed by atoms with van der Waals surface area (Å²) in [6.45, 7) is 9.61. The van der Waals surface area contributed by atoms with Crippen LogP contribution in [0.3, 0.4) is 0 Å². The number of hydrogen-bond acceptors (Lipinski definition) is 6. The van der Waals surface area contributed by atoms with E-state index in [1.54, 1.807) is 31.2 Å². The molecule has 0 fully saturated rings. The van der Waals surface area contributed by atoms with Crippen LogP contribution in [-0.4, -0.2) is 34.4 Å². The zero-order valence-corrected chi connectivity index (χ0v) is 19.3. The predicted octanol–water partition coefficient (Wildman–Crippen LogP) is 2.44. The number of carbonyl (C=O) groups excluding carboxylic acids is 2. The SMILES string of the molecule is CCC(=O)c1ccc(OCC(=O)N(CC(C)C)c2c(N)n(CC(C)C)c(=O)[nH]c2=O)cc1. The average Bonchev–Trinajstić information content (AvgIpc) is 2.73. The van der Waals surface area contributed by atoms with Crippen LogP contribution in [0.15, 0.2) is 33.9 Å². The van der Waals surface area contributed by atoms with E-state index in [0.717, 1.165) is 0 Å². The molecule has 3 N–H and O–H groups in total. The first-order valence-electron chi connectivity index (χ1n) is 10.7. The molecule has 1 heterocycles. The Morgan fingerprint density at radius 1 is 1.09 bits per heavy atom. The molecule has 0 aliphatic rings. The molecule has 0 saturated carbocycles. The van der Waals surface area contributed by atoms with Gasteiger partial charge in [-0.15, -0.1) is 0 Å². The Morgan fingerprint density at radius 2 is 1.72 bits per heavy atom. The predicted molar refractivity (Wildman–Crippen MR) is 124 cm³/mol. The van der Waals surface area contributed by atoms with Gasteiger partial charge in [0.2, 0.25) is 0 Å². The number of anilines is 2. The molecule has 0 radical (unpaired) electrons. The summed E-state index contributed by atoms with van der Waals surface area (Å²) < 4.78 is 6.86. The minimum atomic E-state index is -0.719. The maximum atomic E-state index is 13.0. The molecule has 1 aromatic carbocycles. The van der Waals surface area contributed by atoms with E-state index in [9.17, 15) is 19.2 Å². The topological polar surface area (TPSA) is 127 Å². The Balaban J connectivity index is 2.32. The van der Waals surface area contributed by atoms with Gasteiger partial charge in [-0.25, -0.2) is 4.79 Å². The summed E-state index contributed by atoms with van der Waals surface area (Å²) in [5, 5.41) is 0. The highest BCUT2D eigenvalue weighted by Crippen LogP contribution is 2.20. The molecule has 9 heteroatoms. The molecule has 0 atom stereocenters. The molecular formula is C23H32N4O5. The number of carbonyl (C=O) groups is 2. The van der Waals surface area contributed by atoms with Crippen LogP contribution >= 0.6 is 0 Å². The van der Waals surface area contributed by atoms with Gasteiger partial charge in [0, 0.05) is 25.1 Å². The second-order valence-electron chi connectivity index (χ2n) is 8.49. The number of H-pyrrole nitrogens is 1. The number of rotatable bonds is 10. The minimum Gasteiger partial charge on any atom is -0.484 e. The number of aromatic nitrogens is 2. The third kappa shape index (κ3) is 6.09. The molecule has 0 aliphatic heterocycles. The lowest BCUT2D eigenvalue weighted by atomic mass is 10.1. The summed E-state index contributed by atoms with van der Waals surface area (Å²) in [6, 6.07) is 6.52. The van der Waals surface area contributed by atoms with Crippen molar-refractivity contribution >= 4 is 23.2 Å². The molecule has 0 spiro atoms. The number of Topliss-reactive ketones (excluding diaryl/α,β-unsaturated/α-hetero) is 1. The molecule has 0 aliphatic carbocycles. The standard InChI is InChI=1S/C23H32N4O5/c1-6-18(28)16-7-9-17(10-8-16)32-13-19(29)26(11-14(2)3)20-21(24)27(12-15(4)5)23(31)25-22(20)30/h7-10,14-15H,6,11-13,24H2,1-5H3,(H,25,30,31). The maximum absolute atomic E-state index is 13.0. The normalized spacial score (nSPS) is 11.1. The van der Waals surface area contributed by atoms with E-state index in [-0.39, 0.29) is 42.3 Å². The van der Waals surface area contributed by atoms with Gasteiger partial charge in [0.15, 0.2) is 18.1 Å². The molecule has 2 aromatic rings. The lowest BCUT2D eigenvalue weighted by molar-refractivity contribution is -0.120. The van der Waals surface area contributed by atoms with Gasteiger partial charge in [-0.2, -0.15) is 0 Å². The first kappa shape index (κ1) is 24.9. The zero-order valence-electron chi connectivity index (χ0n) is 19.3. The Bertz CT molecular complexity index is 1070. The van der Waals surface area contributed by atoms with Crippen molar-refractivity contribution < 1.29 is 14.3 Å². The van der Waals surface area contributed by atoms with Crippen molar-refractivity contribution in [2.45, 2.75) is 47.6 Å². The lowest BCUT2D eigenvalue weighted by Gasteiger charge is -2.26. The van der Waals surface area contributed by atoms with Crippen molar-refractivity contribution in [3.8, 4) is 5.75 Å². The third-order valence-electron chi connectivity index (χ3n) is 4.74. The summed E-state index contributed by atoms with van der Waals surface area (Å²) >= 11 is 0. The number of nitrogens with two attached hydrogens (primary N) is 1. The summed E-state index contributed by atoms with van der Waals surface area (Å²) in [5.74, 6) is 0.0452. The molecule has 32 heavy (non-hydrogen) atoms. The van der Waals surface area contributed by atoms with Crippen LogP contribution in [0.4, 0.5) is 11.5 Å². The summed E-state index contributed by atoms with van der Waals surface area (Å²) in [7, 11) is 0. The fraction of sp³-hybridized carbons (Fsp3) is 0.478. The van der Waals surface area contributed by atoms with Crippen LogP contribution in [-0.2, 0) is 11.3 Å². The Kier molecular flexibility index (Phi) is 8.40. The quantitative estimate of drug-likeness (QED) is 0.542. The Hall–Kier alpha value is -3.36. The summed E-state index contributed by atoms with van der Waals surface area (Å²) in [4.78, 5) is 53.2. The van der Waals surface area contributed by atoms with Crippen molar-refractivity contribution in [3.05, 3.63) is 50.7 Å². The first-order valence-corrected chi connectivity index (χ1v) is 10.7. The van der Waals surface area contributed by atoms with Crippen molar-refractivity contribution in [1.29, 1.82) is 0 Å². The van der Waals surface area contributed by atoms with Gasteiger partial charge < -0.3 is 15.4 Å². The van der Waals surface area contributed by atoms with E-state index in [1.807, 2.05) is 27.7 Å². The second-order valence-corrected chi connectivity index (χ2v) is 8.49. The summed E-state index contributed by atoms with van der Waals surface area (Å²) in [5.41, 5.74) is 5.37. The van der Waals surface area contributed by atoms with E-state index in [4.69, 9.17) is 10.5 Å². The number of nitrogens with one attached hydrogen (secondary N) is 1. The smallest absolute Gasteiger partial charge is 0.330 e. The molecule has 9 nitrogen and oxygen atoms in total. The fourth-order valence-electron chi connectivity index (χ4n) is 3.23. The molecule has 1 amide bonds. The van der Waals surface area contributed by atoms with Gasteiger partial charge in [-0.05, 0) is 36.1 Å². The minimum absolute atomic E-state index is 0.0157. The number of nitrogens with zero attached hydrogens (tertiary/aromatic N) is 2. The van der Waals surface area contributed by atoms with Crippen molar-refractivity contribution in [2.75, 3.05) is 23.8 Å². The second kappa shape index (κ2) is 10.8. The van der Waals surface area contributed by atoms with Crippen LogP contribution in [0.2, 0.25) is 0 Å². The van der Waals surface area contributed by atoms with Crippen LogP contribution in [0.25, 0.3) is 0 Å². The largest absolute Gasteiger partial charge is 0.484 e. The van der Waals surface area contributed by atoms with E-state index < -0.39 is 17.2 Å². The molecule has 0 saturated heterocycles. The maximum Gasteiger partial charge on any atom is 0.330 e. The summed E-state index contributed by atoms with van der Waals surface area (Å²) in [6.07, 6.45) is 0.401. The lowest BCUT2D eigenvalue weighted by Crippen LogP contribution is -2.44. The number of nitrogen functional groups attached to an aromatic ring is 1. The van der Waals surface area contributed by atoms with Gasteiger partial charge >= 0.3 is 5.69 Å². The zero-order chi connectivity index (χ0) is 24.0. The van der Waals surface area contributed by atoms with Crippen molar-refractivity contribution in [3.63, 3.8) is 0 Å². The number of ether oxygens (including phenoxy) is 1. The molecule has 1 aromatic heterocycles. The van der Waals surface area contributed by atoms with Gasteiger partial charge in [0.05, 0.1) is 0 Å². The number of aromatic amines is 1. The van der Waals surface area contributed by atoms with Crippen LogP contribution in [0.1, 0.15) is 51.4 Å². The highest BCUT2D eigenvalue weighted by Gasteiger charge is 2.25.